The number of nitrogens with zero attached hydrogens (tertiary/aromatic N) is 2. The zero-order chi connectivity index (χ0) is 30.1. The molecule has 4 rings (SSSR count). The van der Waals surface area contributed by atoms with Gasteiger partial charge in [-0.3, -0.25) is 14.5 Å². The van der Waals surface area contributed by atoms with Gasteiger partial charge in [0, 0.05) is 12.5 Å². The summed E-state index contributed by atoms with van der Waals surface area (Å²) in [6.45, 7) is 4.21. The Morgan fingerprint density at radius 2 is 1.71 bits per heavy atom. The summed E-state index contributed by atoms with van der Waals surface area (Å²) in [4.78, 5) is 46.0. The van der Waals surface area contributed by atoms with Gasteiger partial charge in [0.05, 0.1) is 13.2 Å². The van der Waals surface area contributed by atoms with Crippen molar-refractivity contribution in [3.63, 3.8) is 0 Å². The molecule has 1 fully saturated rings. The van der Waals surface area contributed by atoms with Crippen molar-refractivity contribution in [3.05, 3.63) is 71.8 Å². The first-order chi connectivity index (χ1) is 20.2. The number of ketones is 1. The summed E-state index contributed by atoms with van der Waals surface area (Å²) in [6.07, 6.45) is 7.29. The van der Waals surface area contributed by atoms with E-state index < -0.39 is 17.7 Å². The Bertz CT molecular complexity index is 1230. The van der Waals surface area contributed by atoms with Crippen LogP contribution >= 0.6 is 0 Å². The van der Waals surface area contributed by atoms with E-state index in [0.717, 1.165) is 42.7 Å². The first kappa shape index (κ1) is 31.3. The smallest absolute Gasteiger partial charge is 0.407 e. The van der Waals surface area contributed by atoms with Crippen LogP contribution < -0.4 is 11.1 Å². The number of rotatable bonds is 16. The quantitative estimate of drug-likeness (QED) is 0.248. The van der Waals surface area contributed by atoms with E-state index in [2.05, 4.69) is 19.2 Å². The van der Waals surface area contributed by atoms with E-state index in [-0.39, 0.29) is 23.7 Å². The largest absolute Gasteiger partial charge is 0.453 e. The van der Waals surface area contributed by atoms with Crippen molar-refractivity contribution in [2.75, 3.05) is 7.11 Å². The van der Waals surface area contributed by atoms with Crippen LogP contribution in [-0.2, 0) is 26.3 Å². The lowest BCUT2D eigenvalue weighted by atomic mass is 9.82. The van der Waals surface area contributed by atoms with Gasteiger partial charge in [0.2, 0.25) is 0 Å². The van der Waals surface area contributed by atoms with E-state index in [9.17, 15) is 14.4 Å². The summed E-state index contributed by atoms with van der Waals surface area (Å²) in [6, 6.07) is 18.7. The number of nitrogens with two attached hydrogens (primary N) is 1. The molecule has 0 unspecified atom stereocenters. The average molecular weight is 575 g/mol. The van der Waals surface area contributed by atoms with Crippen LogP contribution in [0.15, 0.2) is 65.7 Å². The molecule has 1 saturated carbocycles. The van der Waals surface area contributed by atoms with Crippen LogP contribution in [-0.4, -0.2) is 47.8 Å². The van der Waals surface area contributed by atoms with Crippen LogP contribution in [0, 0.1) is 11.8 Å². The van der Waals surface area contributed by atoms with Crippen LogP contribution in [0.4, 0.5) is 4.79 Å². The molecule has 8 heteroatoms. The van der Waals surface area contributed by atoms with Crippen LogP contribution in [0.25, 0.3) is 0 Å². The molecule has 0 aromatic heterocycles. The minimum Gasteiger partial charge on any atom is -0.453 e. The number of hydrogen-bond donors (Lipinski definition) is 2. The fourth-order valence-corrected chi connectivity index (χ4v) is 6.08. The van der Waals surface area contributed by atoms with Gasteiger partial charge in [0.15, 0.2) is 17.3 Å². The topological polar surface area (TPSA) is 114 Å². The van der Waals surface area contributed by atoms with E-state index in [1.807, 2.05) is 60.7 Å². The molecule has 2 aliphatic rings. The number of hydrogen-bond acceptors (Lipinski definition) is 6. The maximum atomic E-state index is 14.2. The first-order valence-corrected chi connectivity index (χ1v) is 15.4. The number of Topliss-reactive ketones (excluding diaryl/α,β-unsaturated/α-hetero) is 1. The fraction of sp³-hybridized carbons (Fsp3) is 0.529. The fourth-order valence-electron chi connectivity index (χ4n) is 6.08. The van der Waals surface area contributed by atoms with Crippen molar-refractivity contribution in [2.24, 2.45) is 22.6 Å². The Labute approximate surface area is 250 Å². The van der Waals surface area contributed by atoms with Gasteiger partial charge in [0.25, 0.3) is 5.91 Å². The van der Waals surface area contributed by atoms with Gasteiger partial charge < -0.3 is 15.8 Å². The summed E-state index contributed by atoms with van der Waals surface area (Å²) in [7, 11) is 1.30. The second kappa shape index (κ2) is 14.5. The number of alkyl carbamates (subject to hydrolysis) is 1. The number of unbranched alkanes of at least 4 members (excludes halogenated alkanes) is 1. The lowest BCUT2D eigenvalue weighted by molar-refractivity contribution is -0.134. The minimum absolute atomic E-state index is 0.0304. The highest BCUT2D eigenvalue weighted by Gasteiger charge is 2.51. The number of benzene rings is 2. The van der Waals surface area contributed by atoms with Gasteiger partial charge >= 0.3 is 6.09 Å². The highest BCUT2D eigenvalue weighted by Crippen LogP contribution is 2.41. The zero-order valence-corrected chi connectivity index (χ0v) is 25.3. The first-order valence-electron chi connectivity index (χ1n) is 15.4. The molecule has 1 aliphatic heterocycles. The molecule has 3 atom stereocenters. The van der Waals surface area contributed by atoms with Gasteiger partial charge in [-0.25, -0.2) is 9.79 Å². The predicted molar refractivity (Wildman–Crippen MR) is 165 cm³/mol. The third-order valence-corrected chi connectivity index (χ3v) is 8.41. The van der Waals surface area contributed by atoms with Gasteiger partial charge in [0.1, 0.15) is 0 Å². The monoisotopic (exact) mass is 574 g/mol. The minimum atomic E-state index is -1.00. The molecule has 3 N–H and O–H groups in total. The molecular weight excluding hydrogens is 528 g/mol. The molecule has 2 aromatic rings. The van der Waals surface area contributed by atoms with Crippen molar-refractivity contribution in [3.8, 4) is 0 Å². The predicted octanol–water partition coefficient (Wildman–Crippen LogP) is 5.74. The Morgan fingerprint density at radius 3 is 2.33 bits per heavy atom. The number of ether oxygens (including phenoxy) is 1. The molecular formula is C34H46N4O4. The van der Waals surface area contributed by atoms with Crippen LogP contribution in [0.5, 0.6) is 0 Å². The van der Waals surface area contributed by atoms with Crippen molar-refractivity contribution in [1.29, 1.82) is 0 Å². The third kappa shape index (κ3) is 7.99. The van der Waals surface area contributed by atoms with E-state index in [1.165, 1.54) is 20.0 Å². The Morgan fingerprint density at radius 1 is 1.05 bits per heavy atom. The normalized spacial score (nSPS) is 19.9. The van der Waals surface area contributed by atoms with Crippen molar-refractivity contribution < 1.29 is 19.1 Å². The molecule has 1 heterocycles. The van der Waals surface area contributed by atoms with Crippen LogP contribution in [0.3, 0.4) is 0 Å². The molecule has 0 saturated heterocycles. The molecule has 1 aliphatic carbocycles. The van der Waals surface area contributed by atoms with Gasteiger partial charge in [-0.2, -0.15) is 0 Å². The Hall–Kier alpha value is -3.68. The molecule has 42 heavy (non-hydrogen) atoms. The van der Waals surface area contributed by atoms with E-state index in [4.69, 9.17) is 15.5 Å². The van der Waals surface area contributed by atoms with Crippen LogP contribution in [0.2, 0.25) is 0 Å². The van der Waals surface area contributed by atoms with Gasteiger partial charge in [-0.1, -0.05) is 93.8 Å². The molecule has 226 valence electrons. The van der Waals surface area contributed by atoms with E-state index >= 15 is 0 Å². The summed E-state index contributed by atoms with van der Waals surface area (Å²) in [5.41, 5.74) is 7.40. The number of nitrogens with one attached hydrogen (secondary N) is 1. The van der Waals surface area contributed by atoms with Gasteiger partial charge in [-0.15, -0.1) is 0 Å². The van der Waals surface area contributed by atoms with E-state index in [0.29, 0.717) is 31.6 Å². The lowest BCUT2D eigenvalue weighted by Crippen LogP contribution is -2.49. The van der Waals surface area contributed by atoms with E-state index in [1.54, 1.807) is 4.90 Å². The molecule has 0 bridgehead atoms. The SMILES string of the molecule is COC(=O)N[C@@H](Cc1ccccc1)C(=O)CCCC[C@@H](CCC1CC1)N1C(=O)[C@@](CC(C)C)(c2ccccc2)N=C1N. The summed E-state index contributed by atoms with van der Waals surface area (Å²) < 4.78 is 4.76. The number of amides is 2. The number of aliphatic imine (C=N–C) groups is 1. The second-order valence-electron chi connectivity index (χ2n) is 12.2. The molecule has 0 spiro atoms. The van der Waals surface area contributed by atoms with Gasteiger partial charge in [-0.05, 0) is 61.5 Å². The highest BCUT2D eigenvalue weighted by atomic mass is 16.5. The number of carbonyl (C=O) groups excluding carboxylic acids is 3. The molecule has 2 amide bonds. The summed E-state index contributed by atoms with van der Waals surface area (Å²) >= 11 is 0. The number of methoxy groups -OCH3 is 1. The number of carbonyl (C=O) groups is 3. The van der Waals surface area contributed by atoms with Crippen molar-refractivity contribution in [2.45, 2.75) is 95.7 Å². The maximum absolute atomic E-state index is 14.2. The summed E-state index contributed by atoms with van der Waals surface area (Å²) in [5, 5.41) is 2.70. The molecule has 2 aromatic carbocycles. The van der Waals surface area contributed by atoms with Crippen molar-refractivity contribution >= 4 is 23.7 Å². The molecule has 0 radical (unpaired) electrons. The average Bonchev–Trinajstić information content (AvgIpc) is 3.78. The second-order valence-corrected chi connectivity index (χ2v) is 12.2. The number of guanidine groups is 1. The maximum Gasteiger partial charge on any atom is 0.407 e. The standard InChI is InChI=1S/C34H46N4O4/c1-24(2)23-34(27-14-8-5-9-15-27)31(40)38(32(35)37-34)28(21-20-25-18-19-25)16-10-11-17-30(39)29(36-33(41)42-3)22-26-12-6-4-7-13-26/h4-9,12-15,24-25,28-29H,10-11,16-23H2,1-3H3,(H2,35,37)(H,36,41)/t28-,29-,34+/m0/s1. The zero-order valence-electron chi connectivity index (χ0n) is 25.3. The van der Waals surface area contributed by atoms with Crippen molar-refractivity contribution in [1.82, 2.24) is 10.2 Å². The Kier molecular flexibility index (Phi) is 10.8. The third-order valence-electron chi connectivity index (χ3n) is 8.41. The lowest BCUT2D eigenvalue weighted by Gasteiger charge is -2.32. The summed E-state index contributed by atoms with van der Waals surface area (Å²) in [5.74, 6) is 1.21. The Balaban J connectivity index is 1.43. The van der Waals surface area contributed by atoms with Crippen LogP contribution in [0.1, 0.15) is 82.8 Å². The molecule has 8 nitrogen and oxygen atoms in total. The highest BCUT2D eigenvalue weighted by molar-refractivity contribution is 6.07.